The zero-order valence-electron chi connectivity index (χ0n) is 11.5. The first-order valence-corrected chi connectivity index (χ1v) is 6.62. The molecule has 2 heterocycles. The molecule has 108 valence electrons. The average molecular weight is 277 g/mol. The van der Waals surface area contributed by atoms with Crippen LogP contribution in [0.5, 0.6) is 0 Å². The first kappa shape index (κ1) is 14.2. The topological polar surface area (TPSA) is 104 Å². The van der Waals surface area contributed by atoms with Crippen molar-refractivity contribution in [1.82, 2.24) is 30.1 Å². The van der Waals surface area contributed by atoms with Crippen LogP contribution in [0.1, 0.15) is 29.4 Å². The molecule has 0 atom stereocenters. The highest BCUT2D eigenvalue weighted by atomic mass is 16.2. The molecular formula is C12H19N7O. The number of carbonyl (C=O) groups excluding carboxylic acids is 1. The van der Waals surface area contributed by atoms with Crippen molar-refractivity contribution < 1.29 is 4.79 Å². The van der Waals surface area contributed by atoms with Crippen molar-refractivity contribution >= 4 is 5.91 Å². The Morgan fingerprint density at radius 1 is 1.35 bits per heavy atom. The van der Waals surface area contributed by atoms with Gasteiger partial charge in [0.2, 0.25) is 0 Å². The summed E-state index contributed by atoms with van der Waals surface area (Å²) in [6, 6.07) is 0. The van der Waals surface area contributed by atoms with Crippen LogP contribution in [0.3, 0.4) is 0 Å². The number of amides is 1. The number of hydrogen-bond acceptors (Lipinski definition) is 5. The van der Waals surface area contributed by atoms with E-state index < -0.39 is 0 Å². The summed E-state index contributed by atoms with van der Waals surface area (Å²) in [5.41, 5.74) is 6.66. The van der Waals surface area contributed by atoms with E-state index in [9.17, 15) is 4.79 Å². The second-order valence-electron chi connectivity index (χ2n) is 4.45. The minimum Gasteiger partial charge on any atom is -0.346 e. The van der Waals surface area contributed by atoms with E-state index in [0.717, 1.165) is 18.5 Å². The lowest BCUT2D eigenvalue weighted by atomic mass is 10.3. The molecule has 2 aromatic heterocycles. The molecule has 0 spiro atoms. The molecular weight excluding hydrogens is 258 g/mol. The third kappa shape index (κ3) is 3.64. The van der Waals surface area contributed by atoms with Gasteiger partial charge in [0, 0.05) is 31.4 Å². The lowest BCUT2D eigenvalue weighted by molar-refractivity contribution is 0.0946. The standard InChI is InChI=1S/C12H19N7O/c1-2-4-18-8-10(7-15-18)6-14-12(20)11-9-19(5-3-13)17-16-11/h7-9H,2-6,13H2,1H3,(H,14,20). The van der Waals surface area contributed by atoms with Gasteiger partial charge in [-0.2, -0.15) is 5.10 Å². The Kier molecular flexibility index (Phi) is 4.83. The van der Waals surface area contributed by atoms with Gasteiger partial charge in [-0.25, -0.2) is 0 Å². The molecule has 0 aliphatic rings. The Labute approximate surface area is 116 Å². The Bertz CT molecular complexity index is 560. The monoisotopic (exact) mass is 277 g/mol. The van der Waals surface area contributed by atoms with Crippen LogP contribution in [0.15, 0.2) is 18.6 Å². The lowest BCUT2D eigenvalue weighted by Crippen LogP contribution is -2.23. The summed E-state index contributed by atoms with van der Waals surface area (Å²) in [5.74, 6) is -0.253. The van der Waals surface area contributed by atoms with Gasteiger partial charge >= 0.3 is 0 Å². The van der Waals surface area contributed by atoms with Crippen LogP contribution in [0, 0.1) is 0 Å². The van der Waals surface area contributed by atoms with Crippen LogP contribution in [0.25, 0.3) is 0 Å². The van der Waals surface area contributed by atoms with E-state index in [4.69, 9.17) is 5.73 Å². The predicted molar refractivity (Wildman–Crippen MR) is 72.8 cm³/mol. The van der Waals surface area contributed by atoms with Crippen LogP contribution in [-0.2, 0) is 19.6 Å². The molecule has 8 heteroatoms. The summed E-state index contributed by atoms with van der Waals surface area (Å²) >= 11 is 0. The molecule has 0 unspecified atom stereocenters. The third-order valence-corrected chi connectivity index (χ3v) is 2.72. The lowest BCUT2D eigenvalue weighted by Gasteiger charge is -2.00. The van der Waals surface area contributed by atoms with Crippen LogP contribution < -0.4 is 11.1 Å². The molecule has 3 N–H and O–H groups in total. The number of rotatable bonds is 7. The summed E-state index contributed by atoms with van der Waals surface area (Å²) in [4.78, 5) is 11.9. The summed E-state index contributed by atoms with van der Waals surface area (Å²) in [5, 5.41) is 14.6. The van der Waals surface area contributed by atoms with Gasteiger partial charge in [0.05, 0.1) is 18.9 Å². The highest BCUT2D eigenvalue weighted by Crippen LogP contribution is 2.00. The molecule has 0 aromatic carbocycles. The van der Waals surface area contributed by atoms with Gasteiger partial charge in [0.25, 0.3) is 5.91 Å². The Balaban J connectivity index is 1.87. The normalized spacial score (nSPS) is 10.7. The minimum absolute atomic E-state index is 0.253. The van der Waals surface area contributed by atoms with Gasteiger partial charge in [-0.1, -0.05) is 12.1 Å². The molecule has 0 radical (unpaired) electrons. The Hall–Kier alpha value is -2.22. The van der Waals surface area contributed by atoms with Gasteiger partial charge in [0.1, 0.15) is 0 Å². The third-order valence-electron chi connectivity index (χ3n) is 2.72. The van der Waals surface area contributed by atoms with Crippen LogP contribution >= 0.6 is 0 Å². The van der Waals surface area contributed by atoms with Crippen molar-refractivity contribution in [2.75, 3.05) is 6.54 Å². The quantitative estimate of drug-likeness (QED) is 0.727. The number of aryl methyl sites for hydroxylation is 1. The van der Waals surface area contributed by atoms with Crippen molar-refractivity contribution in [2.45, 2.75) is 33.0 Å². The number of nitrogens with two attached hydrogens (primary N) is 1. The smallest absolute Gasteiger partial charge is 0.273 e. The van der Waals surface area contributed by atoms with E-state index in [0.29, 0.717) is 25.3 Å². The SMILES string of the molecule is CCCn1cc(CNC(=O)c2cn(CCN)nn2)cn1. The molecule has 0 saturated heterocycles. The van der Waals surface area contributed by atoms with E-state index in [2.05, 4.69) is 27.7 Å². The van der Waals surface area contributed by atoms with E-state index in [1.807, 2.05) is 10.9 Å². The van der Waals surface area contributed by atoms with E-state index in [1.54, 1.807) is 17.1 Å². The molecule has 0 bridgehead atoms. The molecule has 2 rings (SSSR count). The van der Waals surface area contributed by atoms with Crippen molar-refractivity contribution in [1.29, 1.82) is 0 Å². The average Bonchev–Trinajstić information content (AvgIpc) is 3.06. The summed E-state index contributed by atoms with van der Waals surface area (Å²) in [6.07, 6.45) is 6.29. The van der Waals surface area contributed by atoms with Crippen LogP contribution in [-0.4, -0.2) is 37.2 Å². The van der Waals surface area contributed by atoms with Gasteiger partial charge in [-0.3, -0.25) is 14.2 Å². The van der Waals surface area contributed by atoms with Crippen molar-refractivity contribution in [3.63, 3.8) is 0 Å². The molecule has 0 fully saturated rings. The summed E-state index contributed by atoms with van der Waals surface area (Å²) in [7, 11) is 0. The maximum atomic E-state index is 11.9. The van der Waals surface area contributed by atoms with Gasteiger partial charge in [-0.15, -0.1) is 5.10 Å². The fourth-order valence-corrected chi connectivity index (χ4v) is 1.77. The van der Waals surface area contributed by atoms with Gasteiger partial charge < -0.3 is 11.1 Å². The second-order valence-corrected chi connectivity index (χ2v) is 4.45. The number of nitrogens with zero attached hydrogens (tertiary/aromatic N) is 5. The Morgan fingerprint density at radius 3 is 2.95 bits per heavy atom. The second kappa shape index (κ2) is 6.80. The van der Waals surface area contributed by atoms with Crippen molar-refractivity contribution in [3.05, 3.63) is 29.8 Å². The van der Waals surface area contributed by atoms with Crippen LogP contribution in [0.2, 0.25) is 0 Å². The molecule has 0 aliphatic carbocycles. The summed E-state index contributed by atoms with van der Waals surface area (Å²) in [6.45, 7) is 4.40. The largest absolute Gasteiger partial charge is 0.346 e. The number of hydrogen-bond donors (Lipinski definition) is 2. The van der Waals surface area contributed by atoms with E-state index in [-0.39, 0.29) is 5.91 Å². The number of carbonyl (C=O) groups is 1. The highest BCUT2D eigenvalue weighted by molar-refractivity contribution is 5.91. The fourth-order valence-electron chi connectivity index (χ4n) is 1.77. The van der Waals surface area contributed by atoms with E-state index >= 15 is 0 Å². The first-order valence-electron chi connectivity index (χ1n) is 6.62. The maximum Gasteiger partial charge on any atom is 0.273 e. The number of nitrogens with one attached hydrogen (secondary N) is 1. The van der Waals surface area contributed by atoms with Crippen LogP contribution in [0.4, 0.5) is 0 Å². The van der Waals surface area contributed by atoms with Crippen molar-refractivity contribution in [3.8, 4) is 0 Å². The fraction of sp³-hybridized carbons (Fsp3) is 0.500. The zero-order chi connectivity index (χ0) is 14.4. The van der Waals surface area contributed by atoms with Crippen molar-refractivity contribution in [2.24, 2.45) is 5.73 Å². The number of aromatic nitrogens is 5. The predicted octanol–water partition coefficient (Wildman–Crippen LogP) is -0.227. The molecule has 2 aromatic rings. The Morgan fingerprint density at radius 2 is 2.20 bits per heavy atom. The molecule has 20 heavy (non-hydrogen) atoms. The molecule has 0 saturated carbocycles. The van der Waals surface area contributed by atoms with Gasteiger partial charge in [-0.05, 0) is 6.42 Å². The maximum absolute atomic E-state index is 11.9. The molecule has 0 aliphatic heterocycles. The zero-order valence-corrected chi connectivity index (χ0v) is 11.5. The summed E-state index contributed by atoms with van der Waals surface area (Å²) < 4.78 is 3.41. The minimum atomic E-state index is -0.253. The first-order chi connectivity index (χ1) is 9.72. The molecule has 1 amide bonds. The highest BCUT2D eigenvalue weighted by Gasteiger charge is 2.10. The van der Waals surface area contributed by atoms with E-state index in [1.165, 1.54) is 0 Å². The van der Waals surface area contributed by atoms with Gasteiger partial charge in [0.15, 0.2) is 5.69 Å². The molecule has 8 nitrogen and oxygen atoms in total.